The Balaban J connectivity index is 1.86. The maximum Gasteiger partial charge on any atom is 0.0751 e. The molecule has 0 aliphatic heterocycles. The number of nitrogens with one attached hydrogen (secondary N) is 1. The first-order valence-corrected chi connectivity index (χ1v) is 7.91. The molecule has 0 fully saturated rings. The van der Waals surface area contributed by atoms with Gasteiger partial charge in [0.1, 0.15) is 0 Å². The van der Waals surface area contributed by atoms with E-state index in [0.717, 1.165) is 12.1 Å². The zero-order chi connectivity index (χ0) is 14.2. The minimum Gasteiger partial charge on any atom is -0.384 e. The molecule has 1 N–H and O–H groups in total. The Morgan fingerprint density at radius 3 is 2.65 bits per heavy atom. The van der Waals surface area contributed by atoms with E-state index in [1.165, 1.54) is 55.2 Å². The van der Waals surface area contributed by atoms with Gasteiger partial charge in [0.15, 0.2) is 0 Å². The zero-order valence-electron chi connectivity index (χ0n) is 12.8. The van der Waals surface area contributed by atoms with Crippen LogP contribution in [0.4, 0.5) is 5.69 Å². The molecule has 1 heterocycles. The van der Waals surface area contributed by atoms with Gasteiger partial charge in [-0.15, -0.1) is 0 Å². The van der Waals surface area contributed by atoms with Crippen molar-refractivity contribution in [3.05, 3.63) is 36.0 Å². The van der Waals surface area contributed by atoms with Crippen LogP contribution in [-0.4, -0.2) is 11.5 Å². The summed E-state index contributed by atoms with van der Waals surface area (Å²) in [7, 11) is 0. The van der Waals surface area contributed by atoms with Crippen molar-refractivity contribution in [2.75, 3.05) is 11.9 Å². The highest BCUT2D eigenvalue weighted by Gasteiger charge is 2.03. The van der Waals surface area contributed by atoms with E-state index in [-0.39, 0.29) is 0 Å². The number of nitrogens with zero attached hydrogens (tertiary/aromatic N) is 1. The quantitative estimate of drug-likeness (QED) is 0.657. The Morgan fingerprint density at radius 1 is 1.00 bits per heavy atom. The van der Waals surface area contributed by atoms with Crippen LogP contribution < -0.4 is 5.32 Å². The third-order valence-corrected chi connectivity index (χ3v) is 3.82. The van der Waals surface area contributed by atoms with Crippen LogP contribution in [0.3, 0.4) is 0 Å². The third-order valence-electron chi connectivity index (χ3n) is 3.82. The zero-order valence-corrected chi connectivity index (χ0v) is 12.8. The Labute approximate surface area is 122 Å². The number of rotatable bonds is 8. The van der Waals surface area contributed by atoms with Crippen LogP contribution >= 0.6 is 0 Å². The molecule has 0 bridgehead atoms. The number of anilines is 1. The van der Waals surface area contributed by atoms with E-state index in [1.54, 1.807) is 0 Å². The second kappa shape index (κ2) is 7.88. The highest BCUT2D eigenvalue weighted by molar-refractivity contribution is 5.93. The summed E-state index contributed by atoms with van der Waals surface area (Å²) in [4.78, 5) is 4.48. The van der Waals surface area contributed by atoms with Crippen molar-refractivity contribution < 1.29 is 0 Å². The summed E-state index contributed by atoms with van der Waals surface area (Å²) in [5, 5.41) is 4.80. The van der Waals surface area contributed by atoms with E-state index >= 15 is 0 Å². The van der Waals surface area contributed by atoms with Crippen molar-refractivity contribution in [2.24, 2.45) is 0 Å². The van der Waals surface area contributed by atoms with Gasteiger partial charge in [-0.05, 0) is 37.1 Å². The molecular formula is C18H26N2. The van der Waals surface area contributed by atoms with E-state index in [1.807, 2.05) is 12.3 Å². The lowest BCUT2D eigenvalue weighted by Crippen LogP contribution is -2.02. The topological polar surface area (TPSA) is 24.9 Å². The van der Waals surface area contributed by atoms with E-state index < -0.39 is 0 Å². The van der Waals surface area contributed by atoms with Gasteiger partial charge < -0.3 is 5.32 Å². The predicted molar refractivity (Wildman–Crippen MR) is 88.3 cm³/mol. The molecule has 0 saturated carbocycles. The number of fused-ring (bicyclic) bond motifs is 1. The Kier molecular flexibility index (Phi) is 5.85. The lowest BCUT2D eigenvalue weighted by molar-refractivity contribution is 0.617. The van der Waals surface area contributed by atoms with Gasteiger partial charge in [0.2, 0.25) is 0 Å². The summed E-state index contributed by atoms with van der Waals surface area (Å²) in [5.74, 6) is 0. The molecule has 2 aromatic rings. The van der Waals surface area contributed by atoms with Crippen LogP contribution in [0.15, 0.2) is 30.5 Å². The molecule has 0 radical (unpaired) electrons. The average molecular weight is 270 g/mol. The minimum atomic E-state index is 1.05. The van der Waals surface area contributed by atoms with Gasteiger partial charge in [-0.2, -0.15) is 0 Å². The van der Waals surface area contributed by atoms with Gasteiger partial charge in [0.05, 0.1) is 5.52 Å². The fraction of sp³-hybridized carbons (Fsp3) is 0.500. The Hall–Kier alpha value is -1.57. The lowest BCUT2D eigenvalue weighted by Gasteiger charge is -2.10. The van der Waals surface area contributed by atoms with Gasteiger partial charge in [-0.3, -0.25) is 4.98 Å². The monoisotopic (exact) mass is 270 g/mol. The largest absolute Gasteiger partial charge is 0.384 e. The van der Waals surface area contributed by atoms with Gasteiger partial charge in [0.25, 0.3) is 0 Å². The molecule has 2 rings (SSSR count). The van der Waals surface area contributed by atoms with Crippen molar-refractivity contribution in [2.45, 2.75) is 52.4 Å². The Bertz CT molecular complexity index is 534. The van der Waals surface area contributed by atoms with Crippen molar-refractivity contribution >= 4 is 16.6 Å². The highest BCUT2D eigenvalue weighted by Crippen LogP contribution is 2.24. The molecular weight excluding hydrogens is 244 g/mol. The molecule has 0 unspecified atom stereocenters. The van der Waals surface area contributed by atoms with E-state index in [2.05, 4.69) is 42.3 Å². The number of aryl methyl sites for hydroxylation is 1. The van der Waals surface area contributed by atoms with Crippen molar-refractivity contribution in [1.29, 1.82) is 0 Å². The summed E-state index contributed by atoms with van der Waals surface area (Å²) in [6, 6.07) is 8.49. The standard InChI is InChI=1S/C18H26N2/c1-3-4-5-6-7-8-13-19-17-12-11-15(2)18-16(17)10-9-14-20-18/h9-12,14,19H,3-8,13H2,1-2H3. The van der Waals surface area contributed by atoms with Crippen molar-refractivity contribution in [3.63, 3.8) is 0 Å². The predicted octanol–water partition coefficient (Wildman–Crippen LogP) is 5.32. The molecule has 1 aromatic carbocycles. The molecule has 108 valence electrons. The van der Waals surface area contributed by atoms with E-state index in [4.69, 9.17) is 0 Å². The SMILES string of the molecule is CCCCCCCCNc1ccc(C)c2ncccc12. The first-order valence-electron chi connectivity index (χ1n) is 7.91. The molecule has 0 amide bonds. The molecule has 0 spiro atoms. The lowest BCUT2D eigenvalue weighted by atomic mass is 10.1. The normalized spacial score (nSPS) is 10.9. The Morgan fingerprint density at radius 2 is 1.80 bits per heavy atom. The summed E-state index contributed by atoms with van der Waals surface area (Å²) >= 11 is 0. The third kappa shape index (κ3) is 3.96. The number of hydrogen-bond donors (Lipinski definition) is 1. The van der Waals surface area contributed by atoms with Gasteiger partial charge in [-0.25, -0.2) is 0 Å². The van der Waals surface area contributed by atoms with Crippen LogP contribution in [0.2, 0.25) is 0 Å². The maximum atomic E-state index is 4.48. The fourth-order valence-corrected chi connectivity index (χ4v) is 2.60. The van der Waals surface area contributed by atoms with Gasteiger partial charge in [0, 0.05) is 23.8 Å². The second-order valence-electron chi connectivity index (χ2n) is 5.52. The number of pyridine rings is 1. The van der Waals surface area contributed by atoms with Crippen molar-refractivity contribution in [1.82, 2.24) is 4.98 Å². The summed E-state index contributed by atoms with van der Waals surface area (Å²) in [6.07, 6.45) is 9.89. The summed E-state index contributed by atoms with van der Waals surface area (Å²) in [5.41, 5.74) is 3.57. The molecule has 0 aliphatic rings. The van der Waals surface area contributed by atoms with Crippen LogP contribution in [0.1, 0.15) is 51.0 Å². The second-order valence-corrected chi connectivity index (χ2v) is 5.52. The molecule has 2 nitrogen and oxygen atoms in total. The molecule has 2 heteroatoms. The van der Waals surface area contributed by atoms with Crippen LogP contribution in [0, 0.1) is 6.92 Å². The molecule has 0 atom stereocenters. The number of benzene rings is 1. The average Bonchev–Trinajstić information content (AvgIpc) is 2.49. The van der Waals surface area contributed by atoms with E-state index in [0.29, 0.717) is 0 Å². The molecule has 0 aliphatic carbocycles. The number of aromatic nitrogens is 1. The van der Waals surface area contributed by atoms with Crippen LogP contribution in [0.25, 0.3) is 10.9 Å². The molecule has 1 aromatic heterocycles. The molecule has 0 saturated heterocycles. The first kappa shape index (κ1) is 14.8. The van der Waals surface area contributed by atoms with Crippen molar-refractivity contribution in [3.8, 4) is 0 Å². The molecule has 20 heavy (non-hydrogen) atoms. The number of unbranched alkanes of at least 4 members (excludes halogenated alkanes) is 5. The van der Waals surface area contributed by atoms with Crippen LogP contribution in [0.5, 0.6) is 0 Å². The smallest absolute Gasteiger partial charge is 0.0751 e. The minimum absolute atomic E-state index is 1.05. The van der Waals surface area contributed by atoms with E-state index in [9.17, 15) is 0 Å². The first-order chi connectivity index (χ1) is 9.83. The summed E-state index contributed by atoms with van der Waals surface area (Å²) in [6.45, 7) is 5.43. The van der Waals surface area contributed by atoms with Crippen LogP contribution in [-0.2, 0) is 0 Å². The fourth-order valence-electron chi connectivity index (χ4n) is 2.60. The number of hydrogen-bond acceptors (Lipinski definition) is 2. The van der Waals surface area contributed by atoms with Gasteiger partial charge >= 0.3 is 0 Å². The highest BCUT2D eigenvalue weighted by atomic mass is 14.9. The maximum absolute atomic E-state index is 4.48. The summed E-state index contributed by atoms with van der Waals surface area (Å²) < 4.78 is 0. The van der Waals surface area contributed by atoms with Gasteiger partial charge in [-0.1, -0.05) is 45.1 Å².